The molecule has 0 saturated carbocycles. The van der Waals surface area contributed by atoms with E-state index in [9.17, 15) is 4.79 Å². The molecule has 5 nitrogen and oxygen atoms in total. The molecule has 1 aromatic carbocycles. The van der Waals surface area contributed by atoms with E-state index in [1.807, 2.05) is 48.4 Å². The number of carbonyl (C=O) groups excluding carboxylic acids is 1. The molecule has 1 unspecified atom stereocenters. The van der Waals surface area contributed by atoms with Gasteiger partial charge >= 0.3 is 0 Å². The van der Waals surface area contributed by atoms with Gasteiger partial charge in [-0.3, -0.25) is 4.79 Å². The van der Waals surface area contributed by atoms with Crippen molar-refractivity contribution < 1.29 is 4.79 Å². The summed E-state index contributed by atoms with van der Waals surface area (Å²) in [7, 11) is 0. The Kier molecular flexibility index (Phi) is 3.90. The van der Waals surface area contributed by atoms with Gasteiger partial charge in [-0.25, -0.2) is 9.97 Å². The number of nitrogens with zero attached hydrogens (tertiary/aromatic N) is 3. The standard InChI is InChI=1S/C18H18N4OS/c1-12-15(24-17(21-12)13-5-3-2-4-6-13)18(23)22-10-7-14(11-22)16-19-8-9-20-16/h2-6,8-9,14H,7,10-11H2,1H3,(H,19,20). The number of thiazole rings is 1. The van der Waals surface area contributed by atoms with E-state index in [4.69, 9.17) is 0 Å². The zero-order valence-electron chi connectivity index (χ0n) is 13.4. The number of aromatic nitrogens is 3. The van der Waals surface area contributed by atoms with Gasteiger partial charge in [0.15, 0.2) is 0 Å². The monoisotopic (exact) mass is 338 g/mol. The number of hydrogen-bond acceptors (Lipinski definition) is 4. The number of amides is 1. The minimum absolute atomic E-state index is 0.0845. The second-order valence-corrected chi connectivity index (χ2v) is 7.01. The maximum atomic E-state index is 12.9. The van der Waals surface area contributed by atoms with Gasteiger partial charge in [-0.15, -0.1) is 11.3 Å². The Bertz CT molecular complexity index is 841. The Morgan fingerprint density at radius 1 is 1.33 bits per heavy atom. The molecule has 1 aliphatic rings. The third-order valence-electron chi connectivity index (χ3n) is 4.39. The van der Waals surface area contributed by atoms with Crippen LogP contribution >= 0.6 is 11.3 Å². The van der Waals surface area contributed by atoms with E-state index in [-0.39, 0.29) is 5.91 Å². The number of rotatable bonds is 3. The fraction of sp³-hybridized carbons (Fsp3) is 0.278. The van der Waals surface area contributed by atoms with E-state index in [1.165, 1.54) is 11.3 Å². The van der Waals surface area contributed by atoms with Crippen LogP contribution in [0, 0.1) is 6.92 Å². The number of hydrogen-bond donors (Lipinski definition) is 1. The molecule has 1 atom stereocenters. The van der Waals surface area contributed by atoms with Crippen molar-refractivity contribution in [2.24, 2.45) is 0 Å². The number of likely N-dealkylation sites (tertiary alicyclic amines) is 1. The molecule has 2 aromatic heterocycles. The van der Waals surface area contributed by atoms with Gasteiger partial charge in [-0.1, -0.05) is 30.3 Å². The summed E-state index contributed by atoms with van der Waals surface area (Å²) in [4.78, 5) is 27.6. The van der Waals surface area contributed by atoms with Crippen molar-refractivity contribution in [2.75, 3.05) is 13.1 Å². The van der Waals surface area contributed by atoms with Gasteiger partial charge in [0.25, 0.3) is 5.91 Å². The third kappa shape index (κ3) is 2.73. The average Bonchev–Trinajstić information content (AvgIpc) is 3.35. The van der Waals surface area contributed by atoms with Crippen molar-refractivity contribution in [3.63, 3.8) is 0 Å². The molecule has 0 radical (unpaired) electrons. The molecular weight excluding hydrogens is 320 g/mol. The summed E-state index contributed by atoms with van der Waals surface area (Å²) in [6.45, 7) is 3.39. The first-order valence-corrected chi connectivity index (χ1v) is 8.85. The number of imidazole rings is 1. The number of benzene rings is 1. The summed E-state index contributed by atoms with van der Waals surface area (Å²) in [6, 6.07) is 10.0. The minimum atomic E-state index is 0.0845. The molecule has 1 amide bonds. The van der Waals surface area contributed by atoms with E-state index in [0.717, 1.165) is 39.9 Å². The molecule has 1 N–H and O–H groups in total. The smallest absolute Gasteiger partial charge is 0.265 e. The third-order valence-corrected chi connectivity index (χ3v) is 5.59. The SMILES string of the molecule is Cc1nc(-c2ccccc2)sc1C(=O)N1CCC(c2ncc[nH]2)C1. The highest BCUT2D eigenvalue weighted by Crippen LogP contribution is 2.31. The molecular formula is C18H18N4OS. The Morgan fingerprint density at radius 2 is 2.17 bits per heavy atom. The molecule has 1 saturated heterocycles. The van der Waals surface area contributed by atoms with Crippen LogP contribution in [0.5, 0.6) is 0 Å². The predicted molar refractivity (Wildman–Crippen MR) is 94.1 cm³/mol. The van der Waals surface area contributed by atoms with Gasteiger partial charge in [0.05, 0.1) is 5.69 Å². The molecule has 0 spiro atoms. The normalized spacial score (nSPS) is 17.4. The number of H-pyrrole nitrogens is 1. The van der Waals surface area contributed by atoms with Crippen molar-refractivity contribution >= 4 is 17.2 Å². The summed E-state index contributed by atoms with van der Waals surface area (Å²) in [6.07, 6.45) is 4.54. The molecule has 0 aliphatic carbocycles. The average molecular weight is 338 g/mol. The van der Waals surface area contributed by atoms with Crippen LogP contribution in [0.1, 0.15) is 33.5 Å². The van der Waals surface area contributed by atoms with Crippen molar-refractivity contribution in [3.05, 3.63) is 59.1 Å². The number of nitrogens with one attached hydrogen (secondary N) is 1. The van der Waals surface area contributed by atoms with Crippen molar-refractivity contribution in [1.82, 2.24) is 19.9 Å². The highest BCUT2D eigenvalue weighted by Gasteiger charge is 2.31. The second kappa shape index (κ2) is 6.20. The van der Waals surface area contributed by atoms with Crippen LogP contribution < -0.4 is 0 Å². The molecule has 4 rings (SSSR count). The van der Waals surface area contributed by atoms with Crippen LogP contribution in [-0.2, 0) is 0 Å². The van der Waals surface area contributed by atoms with Crippen LogP contribution in [0.25, 0.3) is 10.6 Å². The Hall–Kier alpha value is -2.47. The van der Waals surface area contributed by atoms with Crippen LogP contribution in [0.3, 0.4) is 0 Å². The second-order valence-electron chi connectivity index (χ2n) is 6.01. The summed E-state index contributed by atoms with van der Waals surface area (Å²) in [5.41, 5.74) is 1.87. The van der Waals surface area contributed by atoms with Crippen LogP contribution in [0.15, 0.2) is 42.7 Å². The summed E-state index contributed by atoms with van der Waals surface area (Å²) in [5, 5.41) is 0.901. The maximum Gasteiger partial charge on any atom is 0.265 e. The lowest BCUT2D eigenvalue weighted by atomic mass is 10.1. The van der Waals surface area contributed by atoms with Gasteiger partial charge < -0.3 is 9.88 Å². The van der Waals surface area contributed by atoms with Gasteiger partial charge in [-0.05, 0) is 13.3 Å². The first kappa shape index (κ1) is 15.1. The van der Waals surface area contributed by atoms with Crippen LogP contribution in [0.4, 0.5) is 0 Å². The van der Waals surface area contributed by atoms with Gasteiger partial charge in [0, 0.05) is 37.0 Å². The first-order valence-electron chi connectivity index (χ1n) is 8.04. The van der Waals surface area contributed by atoms with E-state index in [0.29, 0.717) is 12.5 Å². The molecule has 3 heterocycles. The predicted octanol–water partition coefficient (Wildman–Crippen LogP) is 3.47. The van der Waals surface area contributed by atoms with E-state index >= 15 is 0 Å². The van der Waals surface area contributed by atoms with Crippen LogP contribution in [-0.4, -0.2) is 38.8 Å². The zero-order valence-corrected chi connectivity index (χ0v) is 14.2. The largest absolute Gasteiger partial charge is 0.348 e. The highest BCUT2D eigenvalue weighted by molar-refractivity contribution is 7.17. The van der Waals surface area contributed by atoms with Crippen molar-refractivity contribution in [1.29, 1.82) is 0 Å². The fourth-order valence-electron chi connectivity index (χ4n) is 3.11. The molecule has 6 heteroatoms. The van der Waals surface area contributed by atoms with E-state index < -0.39 is 0 Å². The van der Waals surface area contributed by atoms with E-state index in [1.54, 1.807) is 6.20 Å². The topological polar surface area (TPSA) is 61.9 Å². The zero-order chi connectivity index (χ0) is 16.5. The molecule has 24 heavy (non-hydrogen) atoms. The highest BCUT2D eigenvalue weighted by atomic mass is 32.1. The van der Waals surface area contributed by atoms with Crippen molar-refractivity contribution in [2.45, 2.75) is 19.3 Å². The molecule has 1 fully saturated rings. The van der Waals surface area contributed by atoms with Crippen molar-refractivity contribution in [3.8, 4) is 10.6 Å². The lowest BCUT2D eigenvalue weighted by Crippen LogP contribution is -2.28. The molecule has 122 valence electrons. The van der Waals surface area contributed by atoms with E-state index in [2.05, 4.69) is 15.0 Å². The van der Waals surface area contributed by atoms with Gasteiger partial charge in [-0.2, -0.15) is 0 Å². The summed E-state index contributed by atoms with van der Waals surface area (Å²) < 4.78 is 0. The Labute approximate surface area is 144 Å². The minimum Gasteiger partial charge on any atom is -0.348 e. The Morgan fingerprint density at radius 3 is 2.92 bits per heavy atom. The molecule has 3 aromatic rings. The molecule has 0 bridgehead atoms. The fourth-order valence-corrected chi connectivity index (χ4v) is 4.15. The lowest BCUT2D eigenvalue weighted by molar-refractivity contribution is 0.0794. The van der Waals surface area contributed by atoms with Gasteiger partial charge in [0.2, 0.25) is 0 Å². The summed E-state index contributed by atoms with van der Waals surface area (Å²) >= 11 is 1.48. The number of aromatic amines is 1. The summed E-state index contributed by atoms with van der Waals surface area (Å²) in [5.74, 6) is 1.35. The van der Waals surface area contributed by atoms with Gasteiger partial charge in [0.1, 0.15) is 15.7 Å². The number of carbonyl (C=O) groups is 1. The number of aryl methyl sites for hydroxylation is 1. The lowest BCUT2D eigenvalue weighted by Gasteiger charge is -2.15. The molecule has 1 aliphatic heterocycles. The van der Waals surface area contributed by atoms with Crippen LogP contribution in [0.2, 0.25) is 0 Å². The maximum absolute atomic E-state index is 12.9. The Balaban J connectivity index is 1.54. The quantitative estimate of drug-likeness (QED) is 0.795. The first-order chi connectivity index (χ1) is 11.7.